The molecule has 3 nitrogen and oxygen atoms in total. The van der Waals surface area contributed by atoms with Crippen molar-refractivity contribution in [1.29, 1.82) is 0 Å². The van der Waals surface area contributed by atoms with Gasteiger partial charge in [0.05, 0.1) is 0 Å². The van der Waals surface area contributed by atoms with Gasteiger partial charge in [-0.1, -0.05) is 26.0 Å². The van der Waals surface area contributed by atoms with E-state index in [0.29, 0.717) is 6.61 Å². The molecule has 2 aromatic carbocycles. The Bertz CT molecular complexity index is 706. The number of anilines is 1. The normalized spacial score (nSPS) is 21.3. The first-order valence-electron chi connectivity index (χ1n) is 7.04. The number of aliphatic hydroxyl groups is 1. The molecular weight excluding hydrogens is 250 g/mol. The number of benzene rings is 2. The summed E-state index contributed by atoms with van der Waals surface area (Å²) in [6, 6.07) is 6.00. The van der Waals surface area contributed by atoms with Crippen molar-refractivity contribution in [2.75, 3.05) is 12.3 Å². The smallest absolute Gasteiger partial charge is 0.130 e. The van der Waals surface area contributed by atoms with Crippen LogP contribution in [-0.2, 0) is 5.60 Å². The molecule has 3 rings (SSSR count). The van der Waals surface area contributed by atoms with E-state index in [4.69, 9.17) is 10.5 Å². The van der Waals surface area contributed by atoms with Crippen LogP contribution in [-0.4, -0.2) is 11.7 Å². The Morgan fingerprint density at radius 1 is 1.20 bits per heavy atom. The molecule has 0 aromatic heterocycles. The lowest BCUT2D eigenvalue weighted by molar-refractivity contribution is -0.0519. The highest BCUT2D eigenvalue weighted by atomic mass is 16.5. The van der Waals surface area contributed by atoms with Gasteiger partial charge in [0.15, 0.2) is 0 Å². The average Bonchev–Trinajstić information content (AvgIpc) is 2.37. The van der Waals surface area contributed by atoms with Gasteiger partial charge in [0.1, 0.15) is 18.0 Å². The highest BCUT2D eigenvalue weighted by Crippen LogP contribution is 2.47. The van der Waals surface area contributed by atoms with E-state index in [1.165, 1.54) is 0 Å². The largest absolute Gasteiger partial charge is 0.489 e. The van der Waals surface area contributed by atoms with Crippen LogP contribution in [0.1, 0.15) is 30.5 Å². The minimum absolute atomic E-state index is 0.0725. The number of rotatable bonds is 1. The van der Waals surface area contributed by atoms with Crippen molar-refractivity contribution in [2.24, 2.45) is 5.92 Å². The topological polar surface area (TPSA) is 55.5 Å². The van der Waals surface area contributed by atoms with Crippen LogP contribution < -0.4 is 10.5 Å². The van der Waals surface area contributed by atoms with Gasteiger partial charge in [0, 0.05) is 16.5 Å². The Morgan fingerprint density at radius 3 is 2.55 bits per heavy atom. The van der Waals surface area contributed by atoms with E-state index in [1.54, 1.807) is 0 Å². The van der Waals surface area contributed by atoms with Crippen molar-refractivity contribution in [3.8, 4) is 5.75 Å². The molecule has 0 amide bonds. The molecule has 0 radical (unpaired) electrons. The molecule has 1 atom stereocenters. The third-order valence-electron chi connectivity index (χ3n) is 4.52. The van der Waals surface area contributed by atoms with Gasteiger partial charge in [-0.3, -0.25) is 0 Å². The fraction of sp³-hybridized carbons (Fsp3) is 0.412. The second kappa shape index (κ2) is 4.13. The van der Waals surface area contributed by atoms with Gasteiger partial charge in [-0.25, -0.2) is 0 Å². The first-order valence-corrected chi connectivity index (χ1v) is 7.04. The molecule has 1 heterocycles. The Hall–Kier alpha value is -1.74. The Balaban J connectivity index is 2.49. The molecule has 0 saturated heterocycles. The van der Waals surface area contributed by atoms with E-state index in [0.717, 1.165) is 38.9 Å². The molecule has 2 aromatic rings. The fourth-order valence-electron chi connectivity index (χ4n) is 3.17. The monoisotopic (exact) mass is 271 g/mol. The van der Waals surface area contributed by atoms with E-state index in [2.05, 4.69) is 0 Å². The molecule has 3 heteroatoms. The predicted octanol–water partition coefficient (Wildman–Crippen LogP) is 3.27. The van der Waals surface area contributed by atoms with E-state index in [9.17, 15) is 5.11 Å². The molecule has 0 fully saturated rings. The van der Waals surface area contributed by atoms with Crippen LogP contribution in [0.4, 0.5) is 5.69 Å². The highest BCUT2D eigenvalue weighted by molar-refractivity contribution is 6.03. The standard InChI is InChI=1S/C17H21NO2/c1-9(2)17(19)8-20-16-11(4)7-13(18)14-10(3)5-6-12(17)15(14)16/h5-7,9,19H,8,18H2,1-4H3. The summed E-state index contributed by atoms with van der Waals surface area (Å²) in [5.41, 5.74) is 9.06. The third kappa shape index (κ3) is 1.56. The highest BCUT2D eigenvalue weighted by Gasteiger charge is 2.40. The van der Waals surface area contributed by atoms with Crippen LogP contribution in [0.5, 0.6) is 5.75 Å². The number of nitrogens with two attached hydrogens (primary N) is 1. The summed E-state index contributed by atoms with van der Waals surface area (Å²) in [6.07, 6.45) is 0. The molecule has 20 heavy (non-hydrogen) atoms. The summed E-state index contributed by atoms with van der Waals surface area (Å²) >= 11 is 0. The van der Waals surface area contributed by atoms with E-state index in [1.807, 2.05) is 45.9 Å². The van der Waals surface area contributed by atoms with Gasteiger partial charge >= 0.3 is 0 Å². The second-order valence-corrected chi connectivity index (χ2v) is 6.16. The lowest BCUT2D eigenvalue weighted by Crippen LogP contribution is -2.41. The maximum Gasteiger partial charge on any atom is 0.130 e. The van der Waals surface area contributed by atoms with Crippen LogP contribution >= 0.6 is 0 Å². The first kappa shape index (κ1) is 13.3. The molecule has 1 aliphatic rings. The van der Waals surface area contributed by atoms with Gasteiger partial charge in [0.25, 0.3) is 0 Å². The van der Waals surface area contributed by atoms with Gasteiger partial charge in [0.2, 0.25) is 0 Å². The van der Waals surface area contributed by atoms with Crippen molar-refractivity contribution in [3.05, 3.63) is 34.9 Å². The number of hydrogen-bond acceptors (Lipinski definition) is 3. The van der Waals surface area contributed by atoms with Crippen LogP contribution in [0.25, 0.3) is 10.8 Å². The number of hydrogen-bond donors (Lipinski definition) is 2. The van der Waals surface area contributed by atoms with Crippen molar-refractivity contribution in [2.45, 2.75) is 33.3 Å². The van der Waals surface area contributed by atoms with Crippen molar-refractivity contribution in [3.63, 3.8) is 0 Å². The molecule has 0 saturated carbocycles. The minimum atomic E-state index is -0.959. The van der Waals surface area contributed by atoms with Crippen LogP contribution in [0.2, 0.25) is 0 Å². The van der Waals surface area contributed by atoms with Crippen molar-refractivity contribution in [1.82, 2.24) is 0 Å². The summed E-state index contributed by atoms with van der Waals surface area (Å²) in [5.74, 6) is 0.932. The zero-order chi connectivity index (χ0) is 14.7. The second-order valence-electron chi connectivity index (χ2n) is 6.16. The number of ether oxygens (including phenoxy) is 1. The van der Waals surface area contributed by atoms with Crippen LogP contribution in [0.3, 0.4) is 0 Å². The summed E-state index contributed by atoms with van der Waals surface area (Å²) in [6.45, 7) is 8.35. The summed E-state index contributed by atoms with van der Waals surface area (Å²) in [7, 11) is 0. The fourth-order valence-corrected chi connectivity index (χ4v) is 3.17. The van der Waals surface area contributed by atoms with Gasteiger partial charge in [-0.15, -0.1) is 0 Å². The zero-order valence-electron chi connectivity index (χ0n) is 12.4. The molecular formula is C17H21NO2. The molecule has 3 N–H and O–H groups in total. The average molecular weight is 271 g/mol. The molecule has 1 aliphatic heterocycles. The molecule has 0 spiro atoms. The number of aryl methyl sites for hydroxylation is 2. The maximum atomic E-state index is 11.0. The lowest BCUT2D eigenvalue weighted by Gasteiger charge is -2.38. The zero-order valence-corrected chi connectivity index (χ0v) is 12.4. The Labute approximate surface area is 119 Å². The Morgan fingerprint density at radius 2 is 1.90 bits per heavy atom. The lowest BCUT2D eigenvalue weighted by atomic mass is 9.78. The maximum absolute atomic E-state index is 11.0. The molecule has 106 valence electrons. The summed E-state index contributed by atoms with van der Waals surface area (Å²) in [4.78, 5) is 0. The van der Waals surface area contributed by atoms with Crippen molar-refractivity contribution >= 4 is 16.5 Å². The molecule has 0 aliphatic carbocycles. The van der Waals surface area contributed by atoms with E-state index >= 15 is 0 Å². The van der Waals surface area contributed by atoms with Gasteiger partial charge in [-0.2, -0.15) is 0 Å². The molecule has 1 unspecified atom stereocenters. The van der Waals surface area contributed by atoms with Gasteiger partial charge in [-0.05, 0) is 42.5 Å². The van der Waals surface area contributed by atoms with E-state index < -0.39 is 5.60 Å². The summed E-state index contributed by atoms with van der Waals surface area (Å²) in [5, 5.41) is 13.0. The third-order valence-corrected chi connectivity index (χ3v) is 4.52. The summed E-state index contributed by atoms with van der Waals surface area (Å²) < 4.78 is 5.91. The minimum Gasteiger partial charge on any atom is -0.489 e. The predicted molar refractivity (Wildman–Crippen MR) is 82.1 cm³/mol. The van der Waals surface area contributed by atoms with Crippen LogP contribution in [0, 0.1) is 19.8 Å². The van der Waals surface area contributed by atoms with Crippen molar-refractivity contribution < 1.29 is 9.84 Å². The Kier molecular flexibility index (Phi) is 2.73. The molecule has 0 bridgehead atoms. The first-order chi connectivity index (χ1) is 9.36. The quantitative estimate of drug-likeness (QED) is 0.783. The van der Waals surface area contributed by atoms with Gasteiger partial charge < -0.3 is 15.6 Å². The number of nitrogen functional groups attached to an aromatic ring is 1. The van der Waals surface area contributed by atoms with Crippen LogP contribution in [0.15, 0.2) is 18.2 Å². The van der Waals surface area contributed by atoms with E-state index in [-0.39, 0.29) is 5.92 Å². The SMILES string of the molecule is Cc1cc(N)c2c(C)ccc3c2c1OCC3(O)C(C)C.